The zero-order valence-electron chi connectivity index (χ0n) is 11.3. The molecule has 0 aliphatic heterocycles. The Morgan fingerprint density at radius 1 is 1.24 bits per heavy atom. The molecule has 5 nitrogen and oxygen atoms in total. The zero-order valence-corrected chi connectivity index (χ0v) is 12.1. The first-order valence-electron chi connectivity index (χ1n) is 6.25. The SMILES string of the molecule is Cc1ccc([N+](=O)[O-])c(C(=O)NCc2ccc(Cl)cc2)c1. The number of carbonyl (C=O) groups is 1. The van der Waals surface area contributed by atoms with E-state index in [0.717, 1.165) is 11.1 Å². The molecule has 0 unspecified atom stereocenters. The number of halogens is 1. The lowest BCUT2D eigenvalue weighted by molar-refractivity contribution is -0.385. The monoisotopic (exact) mass is 304 g/mol. The van der Waals surface area contributed by atoms with E-state index in [0.29, 0.717) is 5.02 Å². The summed E-state index contributed by atoms with van der Waals surface area (Å²) in [4.78, 5) is 22.5. The highest BCUT2D eigenvalue weighted by molar-refractivity contribution is 6.30. The second-order valence-corrected chi connectivity index (χ2v) is 5.02. The van der Waals surface area contributed by atoms with Gasteiger partial charge in [-0.15, -0.1) is 0 Å². The van der Waals surface area contributed by atoms with Crippen LogP contribution in [0.3, 0.4) is 0 Å². The van der Waals surface area contributed by atoms with Gasteiger partial charge in [-0.1, -0.05) is 29.8 Å². The summed E-state index contributed by atoms with van der Waals surface area (Å²) in [6.07, 6.45) is 0. The van der Waals surface area contributed by atoms with Crippen molar-refractivity contribution in [3.05, 3.63) is 74.3 Å². The predicted molar refractivity (Wildman–Crippen MR) is 80.5 cm³/mol. The van der Waals surface area contributed by atoms with Crippen LogP contribution in [0.5, 0.6) is 0 Å². The van der Waals surface area contributed by atoms with E-state index in [9.17, 15) is 14.9 Å². The van der Waals surface area contributed by atoms with Crippen LogP contribution in [0.25, 0.3) is 0 Å². The second-order valence-electron chi connectivity index (χ2n) is 4.59. The molecule has 2 rings (SSSR count). The van der Waals surface area contributed by atoms with Crippen molar-refractivity contribution in [3.8, 4) is 0 Å². The molecule has 0 aliphatic carbocycles. The number of nitro benzene ring substituents is 1. The first-order valence-corrected chi connectivity index (χ1v) is 6.63. The number of nitro groups is 1. The summed E-state index contributed by atoms with van der Waals surface area (Å²) < 4.78 is 0. The molecule has 0 saturated carbocycles. The van der Waals surface area contributed by atoms with Gasteiger partial charge in [0.1, 0.15) is 5.56 Å². The molecular formula is C15H13ClN2O3. The first-order chi connectivity index (χ1) is 9.97. The molecule has 1 N–H and O–H groups in total. The number of hydrogen-bond donors (Lipinski definition) is 1. The van der Waals surface area contributed by atoms with Crippen molar-refractivity contribution in [1.82, 2.24) is 5.32 Å². The van der Waals surface area contributed by atoms with E-state index in [1.165, 1.54) is 12.1 Å². The fourth-order valence-electron chi connectivity index (χ4n) is 1.87. The van der Waals surface area contributed by atoms with Crippen molar-refractivity contribution in [3.63, 3.8) is 0 Å². The maximum absolute atomic E-state index is 12.1. The third-order valence-corrected chi connectivity index (χ3v) is 3.21. The van der Waals surface area contributed by atoms with Gasteiger partial charge in [0.05, 0.1) is 4.92 Å². The van der Waals surface area contributed by atoms with Gasteiger partial charge in [-0.05, 0) is 36.2 Å². The number of nitrogens with one attached hydrogen (secondary N) is 1. The summed E-state index contributed by atoms with van der Waals surface area (Å²) in [6, 6.07) is 11.5. The normalized spacial score (nSPS) is 10.2. The van der Waals surface area contributed by atoms with E-state index >= 15 is 0 Å². The lowest BCUT2D eigenvalue weighted by Gasteiger charge is -2.07. The Labute approximate surface area is 126 Å². The van der Waals surface area contributed by atoms with Crippen LogP contribution in [0.15, 0.2) is 42.5 Å². The van der Waals surface area contributed by atoms with E-state index in [2.05, 4.69) is 5.32 Å². The van der Waals surface area contributed by atoms with Crippen LogP contribution < -0.4 is 5.32 Å². The molecule has 6 heteroatoms. The zero-order chi connectivity index (χ0) is 15.4. The maximum atomic E-state index is 12.1. The van der Waals surface area contributed by atoms with Gasteiger partial charge in [-0.25, -0.2) is 0 Å². The van der Waals surface area contributed by atoms with Gasteiger partial charge in [0.15, 0.2) is 0 Å². The minimum Gasteiger partial charge on any atom is -0.348 e. The number of aryl methyl sites for hydroxylation is 1. The second kappa shape index (κ2) is 6.37. The third kappa shape index (κ3) is 3.79. The third-order valence-electron chi connectivity index (χ3n) is 2.96. The topological polar surface area (TPSA) is 72.2 Å². The van der Waals surface area contributed by atoms with E-state index in [-0.39, 0.29) is 17.8 Å². The van der Waals surface area contributed by atoms with E-state index in [1.807, 2.05) is 0 Å². The number of benzene rings is 2. The van der Waals surface area contributed by atoms with Gasteiger partial charge in [-0.3, -0.25) is 14.9 Å². The fraction of sp³-hybridized carbons (Fsp3) is 0.133. The molecule has 0 saturated heterocycles. The number of nitrogens with zero attached hydrogens (tertiary/aromatic N) is 1. The Morgan fingerprint density at radius 2 is 1.90 bits per heavy atom. The van der Waals surface area contributed by atoms with Crippen LogP contribution in [0, 0.1) is 17.0 Å². The van der Waals surface area contributed by atoms with Crippen LogP contribution in [0.4, 0.5) is 5.69 Å². The molecule has 0 aromatic heterocycles. The average molecular weight is 305 g/mol. The number of amides is 1. The van der Waals surface area contributed by atoms with Crippen molar-refractivity contribution in [2.75, 3.05) is 0 Å². The molecule has 0 fully saturated rings. The molecule has 0 bridgehead atoms. The highest BCUT2D eigenvalue weighted by Crippen LogP contribution is 2.20. The van der Waals surface area contributed by atoms with Crippen LogP contribution in [-0.2, 0) is 6.54 Å². The number of rotatable bonds is 4. The fourth-order valence-corrected chi connectivity index (χ4v) is 2.00. The molecule has 1 amide bonds. The molecule has 0 atom stereocenters. The van der Waals surface area contributed by atoms with Gasteiger partial charge in [0, 0.05) is 17.6 Å². The number of hydrogen-bond acceptors (Lipinski definition) is 3. The lowest BCUT2D eigenvalue weighted by Crippen LogP contribution is -2.23. The largest absolute Gasteiger partial charge is 0.348 e. The minimum atomic E-state index is -0.559. The molecule has 0 spiro atoms. The van der Waals surface area contributed by atoms with E-state index in [4.69, 9.17) is 11.6 Å². The Hall–Kier alpha value is -2.40. The van der Waals surface area contributed by atoms with E-state index in [1.54, 1.807) is 37.3 Å². The Bertz CT molecular complexity index is 684. The van der Waals surface area contributed by atoms with Gasteiger partial charge < -0.3 is 5.32 Å². The summed E-state index contributed by atoms with van der Waals surface area (Å²) in [5, 5.41) is 14.2. The maximum Gasteiger partial charge on any atom is 0.282 e. The minimum absolute atomic E-state index is 0.0639. The van der Waals surface area contributed by atoms with Gasteiger partial charge in [0.25, 0.3) is 11.6 Å². The quantitative estimate of drug-likeness (QED) is 0.694. The summed E-state index contributed by atoms with van der Waals surface area (Å²) >= 11 is 5.78. The molecule has 0 radical (unpaired) electrons. The van der Waals surface area contributed by atoms with E-state index < -0.39 is 10.8 Å². The first kappa shape index (κ1) is 15.0. The van der Waals surface area contributed by atoms with Crippen LogP contribution >= 0.6 is 11.6 Å². The van der Waals surface area contributed by atoms with Crippen LogP contribution in [0.2, 0.25) is 5.02 Å². The average Bonchev–Trinajstić information content (AvgIpc) is 2.46. The lowest BCUT2D eigenvalue weighted by atomic mass is 10.1. The Morgan fingerprint density at radius 3 is 2.52 bits per heavy atom. The standard InChI is InChI=1S/C15H13ClN2O3/c1-10-2-7-14(18(20)21)13(8-10)15(19)17-9-11-3-5-12(16)6-4-11/h2-8H,9H2,1H3,(H,17,19). The Kier molecular flexibility index (Phi) is 4.55. The molecular weight excluding hydrogens is 292 g/mol. The molecule has 0 aliphatic rings. The van der Waals surface area contributed by atoms with Crippen molar-refractivity contribution in [2.24, 2.45) is 0 Å². The summed E-state index contributed by atoms with van der Waals surface area (Å²) in [7, 11) is 0. The summed E-state index contributed by atoms with van der Waals surface area (Å²) in [5.74, 6) is -0.472. The summed E-state index contributed by atoms with van der Waals surface area (Å²) in [5.41, 5.74) is 1.52. The van der Waals surface area contributed by atoms with Crippen molar-refractivity contribution in [1.29, 1.82) is 0 Å². The molecule has 2 aromatic carbocycles. The molecule has 2 aromatic rings. The molecule has 0 heterocycles. The van der Waals surface area contributed by atoms with Gasteiger partial charge >= 0.3 is 0 Å². The van der Waals surface area contributed by atoms with Crippen molar-refractivity contribution >= 4 is 23.2 Å². The smallest absolute Gasteiger partial charge is 0.282 e. The van der Waals surface area contributed by atoms with Crippen molar-refractivity contribution in [2.45, 2.75) is 13.5 Å². The van der Waals surface area contributed by atoms with Crippen LogP contribution in [0.1, 0.15) is 21.5 Å². The number of carbonyl (C=O) groups excluding carboxylic acids is 1. The summed E-state index contributed by atoms with van der Waals surface area (Å²) in [6.45, 7) is 2.06. The predicted octanol–water partition coefficient (Wildman–Crippen LogP) is 3.49. The van der Waals surface area contributed by atoms with Crippen molar-refractivity contribution < 1.29 is 9.72 Å². The highest BCUT2D eigenvalue weighted by atomic mass is 35.5. The molecule has 108 valence electrons. The highest BCUT2D eigenvalue weighted by Gasteiger charge is 2.19. The molecule has 21 heavy (non-hydrogen) atoms. The van der Waals surface area contributed by atoms with Crippen LogP contribution in [-0.4, -0.2) is 10.8 Å². The van der Waals surface area contributed by atoms with Gasteiger partial charge in [0.2, 0.25) is 0 Å². The Balaban J connectivity index is 2.15. The van der Waals surface area contributed by atoms with Gasteiger partial charge in [-0.2, -0.15) is 0 Å².